The monoisotopic (exact) mass is 316 g/mol. The number of hydrogen-bond donors (Lipinski definition) is 2. The minimum Gasteiger partial charge on any atom is -0.465 e. The number of carbonyl (C=O) groups is 2. The predicted octanol–water partition coefficient (Wildman–Crippen LogP) is 1.60. The Morgan fingerprint density at radius 1 is 0.818 bits per heavy atom. The van der Waals surface area contributed by atoms with Crippen LogP contribution in [-0.4, -0.2) is 37.2 Å². The standard InChI is InChI=1S/C16H32N2O4/c1-5-11(3)13(17)15(19)21-9-7-8-10-22-16(20)14(18)12(4)6-2/h11-14H,5-10,17-18H2,1-4H3/t11-,12-,13-,14-/m0/s1. The zero-order chi connectivity index (χ0) is 17.1. The summed E-state index contributed by atoms with van der Waals surface area (Å²) in [6.07, 6.45) is 2.93. The van der Waals surface area contributed by atoms with Crippen molar-refractivity contribution in [3.05, 3.63) is 0 Å². The molecule has 0 spiro atoms. The first-order valence-electron chi connectivity index (χ1n) is 8.19. The Morgan fingerprint density at radius 3 is 1.41 bits per heavy atom. The van der Waals surface area contributed by atoms with Crippen molar-refractivity contribution < 1.29 is 19.1 Å². The largest absolute Gasteiger partial charge is 0.465 e. The van der Waals surface area contributed by atoms with Crippen molar-refractivity contribution in [1.82, 2.24) is 0 Å². The van der Waals surface area contributed by atoms with Crippen molar-refractivity contribution in [3.63, 3.8) is 0 Å². The molecule has 0 aliphatic heterocycles. The summed E-state index contributed by atoms with van der Waals surface area (Å²) < 4.78 is 10.2. The second-order valence-corrected chi connectivity index (χ2v) is 5.86. The van der Waals surface area contributed by atoms with Gasteiger partial charge in [0.2, 0.25) is 0 Å². The SMILES string of the molecule is CC[C@H](C)[C@H](N)C(=O)OCCCCOC(=O)[C@@H](N)[C@@H](C)CC. The predicted molar refractivity (Wildman–Crippen MR) is 86.0 cm³/mol. The van der Waals surface area contributed by atoms with Gasteiger partial charge in [0.05, 0.1) is 13.2 Å². The van der Waals surface area contributed by atoms with E-state index in [1.165, 1.54) is 0 Å². The van der Waals surface area contributed by atoms with Crippen molar-refractivity contribution in [3.8, 4) is 0 Å². The highest BCUT2D eigenvalue weighted by Crippen LogP contribution is 2.08. The van der Waals surface area contributed by atoms with Crippen LogP contribution in [-0.2, 0) is 19.1 Å². The van der Waals surface area contributed by atoms with Crippen molar-refractivity contribution in [2.45, 2.75) is 65.5 Å². The number of hydrogen-bond acceptors (Lipinski definition) is 6. The molecule has 4 N–H and O–H groups in total. The van der Waals surface area contributed by atoms with Gasteiger partial charge in [0, 0.05) is 0 Å². The van der Waals surface area contributed by atoms with Gasteiger partial charge in [-0.2, -0.15) is 0 Å². The maximum Gasteiger partial charge on any atom is 0.323 e. The molecule has 0 aromatic carbocycles. The molecule has 0 heterocycles. The van der Waals surface area contributed by atoms with E-state index in [1.54, 1.807) is 0 Å². The molecule has 0 aliphatic rings. The molecule has 6 heteroatoms. The minimum atomic E-state index is -0.573. The number of nitrogens with two attached hydrogens (primary N) is 2. The highest BCUT2D eigenvalue weighted by atomic mass is 16.5. The Labute approximate surface area is 133 Å². The molecule has 0 radical (unpaired) electrons. The lowest BCUT2D eigenvalue weighted by molar-refractivity contribution is -0.149. The molecule has 0 fully saturated rings. The quantitative estimate of drug-likeness (QED) is 0.443. The molecule has 0 aliphatic carbocycles. The van der Waals surface area contributed by atoms with Gasteiger partial charge in [0.15, 0.2) is 0 Å². The Hall–Kier alpha value is -1.14. The van der Waals surface area contributed by atoms with Crippen LogP contribution in [0.25, 0.3) is 0 Å². The van der Waals surface area contributed by atoms with Gasteiger partial charge in [-0.25, -0.2) is 0 Å². The van der Waals surface area contributed by atoms with Crippen LogP contribution in [0.1, 0.15) is 53.4 Å². The number of esters is 2. The summed E-state index contributed by atoms with van der Waals surface area (Å²) in [5, 5.41) is 0. The lowest BCUT2D eigenvalue weighted by atomic mass is 10.0. The summed E-state index contributed by atoms with van der Waals surface area (Å²) in [5.41, 5.74) is 11.5. The van der Waals surface area contributed by atoms with Crippen LogP contribution < -0.4 is 11.5 Å². The third-order valence-electron chi connectivity index (χ3n) is 4.09. The van der Waals surface area contributed by atoms with Crippen molar-refractivity contribution in [2.24, 2.45) is 23.3 Å². The minimum absolute atomic E-state index is 0.107. The zero-order valence-corrected chi connectivity index (χ0v) is 14.3. The van der Waals surface area contributed by atoms with E-state index in [0.29, 0.717) is 12.8 Å². The molecule has 22 heavy (non-hydrogen) atoms. The van der Waals surface area contributed by atoms with Crippen LogP contribution in [0.2, 0.25) is 0 Å². The molecular formula is C16H32N2O4. The van der Waals surface area contributed by atoms with Crippen LogP contribution in [0.4, 0.5) is 0 Å². The van der Waals surface area contributed by atoms with Gasteiger partial charge < -0.3 is 20.9 Å². The molecule has 0 bridgehead atoms. The third kappa shape index (κ3) is 7.75. The summed E-state index contributed by atoms with van der Waals surface area (Å²) in [5.74, 6) is -0.527. The smallest absolute Gasteiger partial charge is 0.323 e. The summed E-state index contributed by atoms with van der Waals surface area (Å²) in [6.45, 7) is 8.39. The van der Waals surface area contributed by atoms with E-state index < -0.39 is 12.1 Å². The van der Waals surface area contributed by atoms with E-state index in [0.717, 1.165) is 12.8 Å². The maximum atomic E-state index is 11.6. The van der Waals surface area contributed by atoms with E-state index >= 15 is 0 Å². The Bertz CT molecular complexity index is 304. The highest BCUT2D eigenvalue weighted by Gasteiger charge is 2.21. The molecule has 0 amide bonds. The fraction of sp³-hybridized carbons (Fsp3) is 0.875. The number of carbonyl (C=O) groups excluding carboxylic acids is 2. The molecule has 0 saturated carbocycles. The van der Waals surface area contributed by atoms with Gasteiger partial charge >= 0.3 is 11.9 Å². The van der Waals surface area contributed by atoms with Crippen LogP contribution in [0, 0.1) is 11.8 Å². The topological polar surface area (TPSA) is 105 Å². The molecular weight excluding hydrogens is 284 g/mol. The van der Waals surface area contributed by atoms with Gasteiger partial charge in [-0.05, 0) is 24.7 Å². The molecule has 0 aromatic heterocycles. The average molecular weight is 316 g/mol. The lowest BCUT2D eigenvalue weighted by Crippen LogP contribution is -2.38. The maximum absolute atomic E-state index is 11.6. The Morgan fingerprint density at radius 2 is 1.14 bits per heavy atom. The number of rotatable bonds is 11. The zero-order valence-electron chi connectivity index (χ0n) is 14.3. The van der Waals surface area contributed by atoms with Crippen LogP contribution in [0.15, 0.2) is 0 Å². The Kier molecular flexibility index (Phi) is 10.8. The Balaban J connectivity index is 3.74. The second kappa shape index (κ2) is 11.4. The molecule has 0 rings (SSSR count). The molecule has 0 aromatic rings. The molecule has 0 unspecified atom stereocenters. The van der Waals surface area contributed by atoms with Gasteiger partial charge in [-0.15, -0.1) is 0 Å². The molecule has 130 valence electrons. The first-order chi connectivity index (χ1) is 10.3. The fourth-order valence-corrected chi connectivity index (χ4v) is 1.71. The van der Waals surface area contributed by atoms with Crippen LogP contribution in [0.3, 0.4) is 0 Å². The van der Waals surface area contributed by atoms with Gasteiger partial charge in [-0.1, -0.05) is 40.5 Å². The second-order valence-electron chi connectivity index (χ2n) is 5.86. The average Bonchev–Trinajstić information content (AvgIpc) is 2.54. The molecule has 0 saturated heterocycles. The van der Waals surface area contributed by atoms with Crippen LogP contribution >= 0.6 is 0 Å². The van der Waals surface area contributed by atoms with Crippen LogP contribution in [0.5, 0.6) is 0 Å². The molecule has 4 atom stereocenters. The van der Waals surface area contributed by atoms with Crippen molar-refractivity contribution >= 4 is 11.9 Å². The van der Waals surface area contributed by atoms with E-state index in [-0.39, 0.29) is 37.0 Å². The first kappa shape index (κ1) is 20.9. The van der Waals surface area contributed by atoms with Gasteiger partial charge in [0.25, 0.3) is 0 Å². The lowest BCUT2D eigenvalue weighted by Gasteiger charge is -2.17. The summed E-state index contributed by atoms with van der Waals surface area (Å²) in [6, 6.07) is -1.15. The third-order valence-corrected chi connectivity index (χ3v) is 4.09. The summed E-state index contributed by atoms with van der Waals surface area (Å²) >= 11 is 0. The van der Waals surface area contributed by atoms with Crippen molar-refractivity contribution in [1.29, 1.82) is 0 Å². The number of ether oxygens (including phenoxy) is 2. The summed E-state index contributed by atoms with van der Waals surface area (Å²) in [4.78, 5) is 23.3. The van der Waals surface area contributed by atoms with Crippen molar-refractivity contribution in [2.75, 3.05) is 13.2 Å². The van der Waals surface area contributed by atoms with E-state index in [4.69, 9.17) is 20.9 Å². The fourth-order valence-electron chi connectivity index (χ4n) is 1.71. The normalized spacial score (nSPS) is 16.5. The molecule has 6 nitrogen and oxygen atoms in total. The van der Waals surface area contributed by atoms with Gasteiger partial charge in [-0.3, -0.25) is 9.59 Å². The van der Waals surface area contributed by atoms with E-state index in [9.17, 15) is 9.59 Å². The number of unbranched alkanes of at least 4 members (excludes halogenated alkanes) is 1. The first-order valence-corrected chi connectivity index (χ1v) is 8.19. The summed E-state index contributed by atoms with van der Waals surface area (Å²) in [7, 11) is 0. The highest BCUT2D eigenvalue weighted by molar-refractivity contribution is 5.76. The van der Waals surface area contributed by atoms with E-state index in [1.807, 2.05) is 27.7 Å². The van der Waals surface area contributed by atoms with Gasteiger partial charge in [0.1, 0.15) is 12.1 Å². The van der Waals surface area contributed by atoms with E-state index in [2.05, 4.69) is 0 Å².